The molecular weight excluding hydrogens is 289 g/mol. The fourth-order valence-electron chi connectivity index (χ4n) is 5.74. The molecule has 3 nitrogen and oxygen atoms in total. The normalized spacial score (nSPS) is 43.3. The molecule has 2 saturated heterocycles. The quantitative estimate of drug-likeness (QED) is 0.836. The largest absolute Gasteiger partial charge is 0.361 e. The number of hydrogen-bond donors (Lipinski definition) is 2. The van der Waals surface area contributed by atoms with Crippen LogP contribution in [-0.4, -0.2) is 39.6 Å². The molecule has 3 heterocycles. The van der Waals surface area contributed by atoms with E-state index < -0.39 is 0 Å². The number of hydrogen-bond acceptors (Lipinski definition) is 2. The zero-order valence-corrected chi connectivity index (χ0v) is 14.1. The summed E-state index contributed by atoms with van der Waals surface area (Å²) in [4.78, 5) is 6.03. The molecule has 1 aromatic heterocycles. The maximum atomic E-state index is 13.4. The number of allylic oxidation sites excluding steroid dienone is 1. The lowest BCUT2D eigenvalue weighted by Gasteiger charge is -2.39. The number of rotatable bonds is 4. The molecule has 124 valence electrons. The summed E-state index contributed by atoms with van der Waals surface area (Å²) in [6.45, 7) is 5.86. The van der Waals surface area contributed by atoms with Gasteiger partial charge in [-0.3, -0.25) is 4.90 Å². The van der Waals surface area contributed by atoms with Gasteiger partial charge in [-0.25, -0.2) is 4.39 Å². The molecule has 2 N–H and O–H groups in total. The lowest BCUT2D eigenvalue weighted by atomic mass is 9.77. The number of aromatic nitrogens is 1. The minimum Gasteiger partial charge on any atom is -0.361 e. The van der Waals surface area contributed by atoms with Gasteiger partial charge in [-0.2, -0.15) is 0 Å². The Kier molecular flexibility index (Phi) is 2.77. The van der Waals surface area contributed by atoms with Gasteiger partial charge in [-0.1, -0.05) is 6.92 Å². The zero-order valence-electron chi connectivity index (χ0n) is 14.1. The fraction of sp³-hybridized carbons (Fsp3) is 0.684. The van der Waals surface area contributed by atoms with Crippen molar-refractivity contribution in [1.82, 2.24) is 15.2 Å². The minimum atomic E-state index is 0.00682. The summed E-state index contributed by atoms with van der Waals surface area (Å²) in [6, 6.07) is 1.44. The number of nitrogens with one attached hydrogen (secondary N) is 2. The van der Waals surface area contributed by atoms with Crippen molar-refractivity contribution in [3.63, 3.8) is 0 Å². The third kappa shape index (κ3) is 1.71. The number of halogens is 1. The van der Waals surface area contributed by atoms with E-state index in [-0.39, 0.29) is 5.83 Å². The maximum absolute atomic E-state index is 13.4. The predicted octanol–water partition coefficient (Wildman–Crippen LogP) is 3.17. The third-order valence-electron chi connectivity index (χ3n) is 7.18. The van der Waals surface area contributed by atoms with E-state index in [0.29, 0.717) is 17.5 Å². The Morgan fingerprint density at radius 2 is 2.26 bits per heavy atom. The van der Waals surface area contributed by atoms with Crippen LogP contribution in [0.5, 0.6) is 0 Å². The van der Waals surface area contributed by atoms with Crippen LogP contribution in [0.1, 0.15) is 56.4 Å². The smallest absolute Gasteiger partial charge is 0.102 e. The van der Waals surface area contributed by atoms with Crippen molar-refractivity contribution < 1.29 is 4.39 Å². The summed E-state index contributed by atoms with van der Waals surface area (Å²) in [5, 5.41) is 3.89. The first-order chi connectivity index (χ1) is 11.1. The van der Waals surface area contributed by atoms with Crippen molar-refractivity contribution in [2.24, 2.45) is 0 Å². The molecule has 4 aliphatic rings. The molecule has 4 heteroatoms. The summed E-state index contributed by atoms with van der Waals surface area (Å²) in [6.07, 6.45) is 10.2. The summed E-state index contributed by atoms with van der Waals surface area (Å²) in [5.41, 5.74) is 4.51. The molecule has 0 radical (unpaired) electrons. The highest BCUT2D eigenvalue weighted by Crippen LogP contribution is 2.64. The highest BCUT2D eigenvalue weighted by atomic mass is 19.1. The van der Waals surface area contributed by atoms with Crippen LogP contribution in [0.3, 0.4) is 0 Å². The van der Waals surface area contributed by atoms with Crippen LogP contribution in [0.2, 0.25) is 0 Å². The molecule has 2 aliphatic heterocycles. The first-order valence-electron chi connectivity index (χ1n) is 9.18. The summed E-state index contributed by atoms with van der Waals surface area (Å²) < 4.78 is 13.4. The van der Waals surface area contributed by atoms with E-state index in [9.17, 15) is 4.39 Å². The Labute approximate surface area is 137 Å². The molecule has 0 aromatic carbocycles. The van der Waals surface area contributed by atoms with E-state index in [4.69, 9.17) is 0 Å². The van der Waals surface area contributed by atoms with E-state index in [2.05, 4.69) is 35.2 Å². The van der Waals surface area contributed by atoms with Gasteiger partial charge in [0.1, 0.15) is 5.83 Å². The Hall–Kier alpha value is -1.13. The van der Waals surface area contributed by atoms with Gasteiger partial charge in [-0.15, -0.1) is 0 Å². The summed E-state index contributed by atoms with van der Waals surface area (Å²) >= 11 is 0. The van der Waals surface area contributed by atoms with Gasteiger partial charge in [0.25, 0.3) is 0 Å². The van der Waals surface area contributed by atoms with Gasteiger partial charge >= 0.3 is 0 Å². The number of H-pyrrole nitrogens is 1. The van der Waals surface area contributed by atoms with Gasteiger partial charge in [0, 0.05) is 42.5 Å². The van der Waals surface area contributed by atoms with Crippen molar-refractivity contribution in [3.8, 4) is 0 Å². The second-order valence-corrected chi connectivity index (χ2v) is 8.14. The zero-order chi connectivity index (χ0) is 15.8. The van der Waals surface area contributed by atoms with Crippen LogP contribution >= 0.6 is 0 Å². The van der Waals surface area contributed by atoms with Crippen LogP contribution < -0.4 is 5.32 Å². The van der Waals surface area contributed by atoms with Gasteiger partial charge in [0.2, 0.25) is 0 Å². The van der Waals surface area contributed by atoms with Crippen molar-refractivity contribution in [1.29, 1.82) is 0 Å². The SMILES string of the molecule is CCC1(C)NC2CCC23C1N3CCc1c[nH]c2c1CCC(F)=C2. The molecule has 0 bridgehead atoms. The molecule has 1 saturated carbocycles. The third-order valence-corrected chi connectivity index (χ3v) is 7.18. The molecule has 2 aliphatic carbocycles. The second kappa shape index (κ2) is 4.48. The van der Waals surface area contributed by atoms with Crippen molar-refractivity contribution in [3.05, 3.63) is 28.8 Å². The van der Waals surface area contributed by atoms with Crippen LogP contribution in [0.4, 0.5) is 4.39 Å². The molecular formula is C19H26FN3. The fourth-order valence-corrected chi connectivity index (χ4v) is 5.74. The first-order valence-corrected chi connectivity index (χ1v) is 9.18. The molecule has 23 heavy (non-hydrogen) atoms. The van der Waals surface area contributed by atoms with Crippen LogP contribution in [0.15, 0.2) is 12.0 Å². The van der Waals surface area contributed by atoms with E-state index >= 15 is 0 Å². The molecule has 1 aromatic rings. The van der Waals surface area contributed by atoms with Crippen molar-refractivity contribution >= 4 is 6.08 Å². The Morgan fingerprint density at radius 1 is 1.39 bits per heavy atom. The Morgan fingerprint density at radius 3 is 3.00 bits per heavy atom. The highest BCUT2D eigenvalue weighted by molar-refractivity contribution is 5.57. The monoisotopic (exact) mass is 315 g/mol. The molecule has 3 fully saturated rings. The predicted molar refractivity (Wildman–Crippen MR) is 90.0 cm³/mol. The van der Waals surface area contributed by atoms with Gasteiger partial charge in [0.05, 0.1) is 5.54 Å². The summed E-state index contributed by atoms with van der Waals surface area (Å²) in [7, 11) is 0. The minimum absolute atomic E-state index is 0.00682. The second-order valence-electron chi connectivity index (χ2n) is 8.14. The Balaban J connectivity index is 1.32. The molecule has 5 atom stereocenters. The van der Waals surface area contributed by atoms with Gasteiger partial charge in [-0.05, 0) is 56.2 Å². The topological polar surface area (TPSA) is 30.8 Å². The lowest BCUT2D eigenvalue weighted by Crippen LogP contribution is -2.55. The van der Waals surface area contributed by atoms with Gasteiger partial charge < -0.3 is 10.3 Å². The average molecular weight is 315 g/mol. The molecule has 5 unspecified atom stereocenters. The Bertz CT molecular complexity index is 693. The number of aromatic amines is 1. The maximum Gasteiger partial charge on any atom is 0.102 e. The lowest BCUT2D eigenvalue weighted by molar-refractivity contribution is 0.163. The van der Waals surface area contributed by atoms with Crippen LogP contribution in [-0.2, 0) is 12.8 Å². The summed E-state index contributed by atoms with van der Waals surface area (Å²) in [5.74, 6) is 0.00682. The van der Waals surface area contributed by atoms with Crippen molar-refractivity contribution in [2.45, 2.75) is 75.5 Å². The van der Waals surface area contributed by atoms with E-state index in [1.807, 2.05) is 0 Å². The van der Waals surface area contributed by atoms with Crippen molar-refractivity contribution in [2.75, 3.05) is 6.54 Å². The number of piperazine rings is 1. The van der Waals surface area contributed by atoms with E-state index in [0.717, 1.165) is 37.2 Å². The van der Waals surface area contributed by atoms with Crippen LogP contribution in [0.25, 0.3) is 6.08 Å². The van der Waals surface area contributed by atoms with E-state index in [1.54, 1.807) is 6.08 Å². The standard InChI is InChI=1S/C19H26FN3/c1-3-18(2)17-19(8-6-16(19)22-18)23(17)9-7-12-11-21-15-10-13(20)4-5-14(12)15/h10-11,16-17,21-22H,3-9H2,1-2H3. The van der Waals surface area contributed by atoms with Crippen LogP contribution in [0, 0.1) is 0 Å². The number of nitrogens with zero attached hydrogens (tertiary/aromatic N) is 1. The van der Waals surface area contributed by atoms with Gasteiger partial charge in [0.15, 0.2) is 0 Å². The molecule has 0 amide bonds. The number of fused-ring (bicyclic) bond motifs is 1. The first kappa shape index (κ1) is 14.2. The highest BCUT2D eigenvalue weighted by Gasteiger charge is 2.79. The van der Waals surface area contributed by atoms with E-state index in [1.165, 1.54) is 30.4 Å². The molecule has 1 spiro atoms. The average Bonchev–Trinajstić information content (AvgIpc) is 3.04. The molecule has 5 rings (SSSR count).